The van der Waals surface area contributed by atoms with E-state index in [9.17, 15) is 18.0 Å². The summed E-state index contributed by atoms with van der Waals surface area (Å²) in [7, 11) is 0. The SMILES string of the molecule is CC1SC(c2ccccc2)N(c2ccc(C(F)(F)F)cc2)C1=O. The summed E-state index contributed by atoms with van der Waals surface area (Å²) in [6, 6.07) is 14.2. The normalized spacial score (nSPS) is 21.7. The fourth-order valence-electron chi connectivity index (χ4n) is 2.54. The number of carbonyl (C=O) groups excluding carboxylic acids is 1. The minimum absolute atomic E-state index is 0.0939. The molecule has 2 atom stereocenters. The molecule has 2 aromatic rings. The molecule has 1 heterocycles. The molecule has 2 unspecified atom stereocenters. The molecule has 23 heavy (non-hydrogen) atoms. The summed E-state index contributed by atoms with van der Waals surface area (Å²) in [4.78, 5) is 14.0. The van der Waals surface area contributed by atoms with Crippen LogP contribution in [-0.4, -0.2) is 11.2 Å². The molecule has 1 aliphatic rings. The molecule has 0 saturated carbocycles. The van der Waals surface area contributed by atoms with Crippen molar-refractivity contribution in [3.8, 4) is 0 Å². The second-order valence-electron chi connectivity index (χ2n) is 5.29. The third kappa shape index (κ3) is 3.08. The summed E-state index contributed by atoms with van der Waals surface area (Å²) in [5, 5.41) is -0.460. The van der Waals surface area contributed by atoms with Gasteiger partial charge in [0.25, 0.3) is 0 Å². The molecular formula is C17H14F3NOS. The minimum atomic E-state index is -4.38. The fourth-order valence-corrected chi connectivity index (χ4v) is 3.82. The van der Waals surface area contributed by atoms with Crippen LogP contribution in [-0.2, 0) is 11.0 Å². The van der Waals surface area contributed by atoms with Gasteiger partial charge in [0.15, 0.2) is 0 Å². The monoisotopic (exact) mass is 337 g/mol. The molecule has 6 heteroatoms. The summed E-state index contributed by atoms with van der Waals surface area (Å²) in [5.74, 6) is -0.0939. The van der Waals surface area contributed by atoms with Gasteiger partial charge in [0.2, 0.25) is 5.91 Å². The van der Waals surface area contributed by atoms with Gasteiger partial charge in [-0.05, 0) is 36.8 Å². The first-order valence-electron chi connectivity index (χ1n) is 7.08. The average Bonchev–Trinajstić information content (AvgIpc) is 2.83. The van der Waals surface area contributed by atoms with Crippen LogP contribution >= 0.6 is 11.8 Å². The lowest BCUT2D eigenvalue weighted by Crippen LogP contribution is -2.30. The van der Waals surface area contributed by atoms with Gasteiger partial charge in [-0.15, -0.1) is 11.8 Å². The highest BCUT2D eigenvalue weighted by Crippen LogP contribution is 2.45. The Labute approximate surface area is 136 Å². The van der Waals surface area contributed by atoms with Crippen LogP contribution in [0.25, 0.3) is 0 Å². The number of rotatable bonds is 2. The van der Waals surface area contributed by atoms with Crippen LogP contribution in [0, 0.1) is 0 Å². The van der Waals surface area contributed by atoms with Gasteiger partial charge in [-0.3, -0.25) is 9.69 Å². The lowest BCUT2D eigenvalue weighted by atomic mass is 10.1. The Morgan fingerprint density at radius 3 is 2.17 bits per heavy atom. The Balaban J connectivity index is 1.96. The third-order valence-corrected chi connectivity index (χ3v) is 5.06. The predicted molar refractivity (Wildman–Crippen MR) is 85.2 cm³/mol. The molecule has 0 aliphatic carbocycles. The van der Waals surface area contributed by atoms with Crippen LogP contribution in [0.3, 0.4) is 0 Å². The number of halogens is 3. The molecule has 1 fully saturated rings. The number of benzene rings is 2. The molecule has 0 aromatic heterocycles. The molecule has 1 aliphatic heterocycles. The Kier molecular flexibility index (Phi) is 4.10. The molecule has 120 valence electrons. The van der Waals surface area contributed by atoms with Gasteiger partial charge in [-0.1, -0.05) is 30.3 Å². The molecule has 0 N–H and O–H groups in total. The topological polar surface area (TPSA) is 20.3 Å². The molecule has 0 bridgehead atoms. The maximum atomic E-state index is 12.7. The lowest BCUT2D eigenvalue weighted by Gasteiger charge is -2.24. The zero-order valence-corrected chi connectivity index (χ0v) is 13.1. The minimum Gasteiger partial charge on any atom is -0.295 e. The third-order valence-electron chi connectivity index (χ3n) is 3.71. The quantitative estimate of drug-likeness (QED) is 0.779. The largest absolute Gasteiger partial charge is 0.416 e. The van der Waals surface area contributed by atoms with E-state index in [2.05, 4.69) is 0 Å². The van der Waals surface area contributed by atoms with Crippen molar-refractivity contribution in [3.63, 3.8) is 0 Å². The van der Waals surface area contributed by atoms with Crippen LogP contribution in [0.5, 0.6) is 0 Å². The highest BCUT2D eigenvalue weighted by molar-refractivity contribution is 8.01. The van der Waals surface area contributed by atoms with Crippen LogP contribution < -0.4 is 4.90 Å². The van der Waals surface area contributed by atoms with Crippen LogP contribution in [0.1, 0.15) is 23.4 Å². The molecular weight excluding hydrogens is 323 g/mol. The predicted octanol–water partition coefficient (Wildman–Crippen LogP) is 4.87. The summed E-state index contributed by atoms with van der Waals surface area (Å²) >= 11 is 1.49. The van der Waals surface area contributed by atoms with Gasteiger partial charge < -0.3 is 0 Å². The highest BCUT2D eigenvalue weighted by atomic mass is 32.2. The van der Waals surface area contributed by atoms with Crippen molar-refractivity contribution in [2.75, 3.05) is 4.90 Å². The molecule has 0 spiro atoms. The second kappa shape index (κ2) is 5.92. The van der Waals surface area contributed by atoms with Crippen LogP contribution in [0.2, 0.25) is 0 Å². The van der Waals surface area contributed by atoms with Crippen molar-refractivity contribution in [1.82, 2.24) is 0 Å². The van der Waals surface area contributed by atoms with Crippen molar-refractivity contribution in [3.05, 3.63) is 65.7 Å². The molecule has 1 saturated heterocycles. The maximum Gasteiger partial charge on any atom is 0.416 e. The summed E-state index contributed by atoms with van der Waals surface area (Å²) in [6.45, 7) is 1.81. The number of anilines is 1. The smallest absolute Gasteiger partial charge is 0.295 e. The van der Waals surface area contributed by atoms with Gasteiger partial charge in [-0.25, -0.2) is 0 Å². The first kappa shape index (κ1) is 15.9. The van der Waals surface area contributed by atoms with Crippen molar-refractivity contribution >= 4 is 23.4 Å². The van der Waals surface area contributed by atoms with Gasteiger partial charge in [0.1, 0.15) is 5.37 Å². The van der Waals surface area contributed by atoms with E-state index in [0.717, 1.165) is 17.7 Å². The summed E-state index contributed by atoms with van der Waals surface area (Å²) < 4.78 is 38.1. The van der Waals surface area contributed by atoms with Crippen molar-refractivity contribution in [2.24, 2.45) is 0 Å². The maximum absolute atomic E-state index is 12.7. The first-order chi connectivity index (χ1) is 10.9. The average molecular weight is 337 g/mol. The van der Waals surface area contributed by atoms with E-state index in [-0.39, 0.29) is 16.5 Å². The van der Waals surface area contributed by atoms with Gasteiger partial charge in [-0.2, -0.15) is 13.2 Å². The van der Waals surface area contributed by atoms with Crippen molar-refractivity contribution < 1.29 is 18.0 Å². The molecule has 1 amide bonds. The number of thioether (sulfide) groups is 1. The number of alkyl halides is 3. The van der Waals surface area contributed by atoms with E-state index in [1.54, 1.807) is 4.90 Å². The Morgan fingerprint density at radius 2 is 1.61 bits per heavy atom. The van der Waals surface area contributed by atoms with Gasteiger partial charge in [0.05, 0.1) is 10.8 Å². The molecule has 2 aromatic carbocycles. The van der Waals surface area contributed by atoms with Gasteiger partial charge >= 0.3 is 6.18 Å². The Hall–Kier alpha value is -1.95. The van der Waals surface area contributed by atoms with Gasteiger partial charge in [0, 0.05) is 5.69 Å². The van der Waals surface area contributed by atoms with Crippen molar-refractivity contribution in [2.45, 2.75) is 23.7 Å². The summed E-state index contributed by atoms with van der Waals surface area (Å²) in [6.07, 6.45) is -4.38. The van der Waals surface area contributed by atoms with E-state index >= 15 is 0 Å². The number of amides is 1. The Bertz CT molecular complexity index is 700. The molecule has 0 radical (unpaired) electrons. The number of hydrogen-bond donors (Lipinski definition) is 0. The Morgan fingerprint density at radius 1 is 1.00 bits per heavy atom. The number of hydrogen-bond acceptors (Lipinski definition) is 2. The van der Waals surface area contributed by atoms with Crippen LogP contribution in [0.15, 0.2) is 54.6 Å². The van der Waals surface area contributed by atoms with E-state index < -0.39 is 11.7 Å². The number of carbonyl (C=O) groups is 1. The molecule has 2 nitrogen and oxygen atoms in total. The van der Waals surface area contributed by atoms with E-state index in [1.807, 2.05) is 37.3 Å². The standard InChI is InChI=1S/C17H14F3NOS/c1-11-15(22)21(16(23-11)12-5-3-2-4-6-12)14-9-7-13(8-10-14)17(18,19)20/h2-11,16H,1H3. The fraction of sp³-hybridized carbons (Fsp3) is 0.235. The zero-order chi connectivity index (χ0) is 16.6. The second-order valence-corrected chi connectivity index (χ2v) is 6.72. The lowest BCUT2D eigenvalue weighted by molar-refractivity contribution is -0.137. The van der Waals surface area contributed by atoms with Crippen molar-refractivity contribution in [1.29, 1.82) is 0 Å². The number of nitrogens with zero attached hydrogens (tertiary/aromatic N) is 1. The summed E-state index contributed by atoms with van der Waals surface area (Å²) in [5.41, 5.74) is 0.716. The van der Waals surface area contributed by atoms with E-state index in [1.165, 1.54) is 23.9 Å². The highest BCUT2D eigenvalue weighted by Gasteiger charge is 2.39. The molecule has 3 rings (SSSR count). The van der Waals surface area contributed by atoms with E-state index in [0.29, 0.717) is 5.69 Å². The first-order valence-corrected chi connectivity index (χ1v) is 8.03. The van der Waals surface area contributed by atoms with E-state index in [4.69, 9.17) is 0 Å². The van der Waals surface area contributed by atoms with Crippen LogP contribution in [0.4, 0.5) is 18.9 Å². The zero-order valence-electron chi connectivity index (χ0n) is 12.2.